The molecule has 2 rings (SSSR count). The van der Waals surface area contributed by atoms with Crippen LogP contribution < -0.4 is 5.32 Å². The summed E-state index contributed by atoms with van der Waals surface area (Å²) in [6, 6.07) is 2.00. The minimum Gasteiger partial charge on any atom is -0.394 e. The molecule has 1 aliphatic carbocycles. The van der Waals surface area contributed by atoms with Crippen molar-refractivity contribution >= 4 is 17.2 Å². The molecule has 0 aliphatic heterocycles. The molecule has 1 fully saturated rings. The first-order valence-corrected chi connectivity index (χ1v) is 7.08. The summed E-state index contributed by atoms with van der Waals surface area (Å²) < 4.78 is 0. The van der Waals surface area contributed by atoms with Gasteiger partial charge in [0.1, 0.15) is 0 Å². The first-order chi connectivity index (χ1) is 8.21. The van der Waals surface area contributed by atoms with Crippen molar-refractivity contribution in [3.63, 3.8) is 0 Å². The summed E-state index contributed by atoms with van der Waals surface area (Å²) in [6.45, 7) is 2.10. The minimum atomic E-state index is -0.369. The zero-order valence-corrected chi connectivity index (χ0v) is 11.0. The van der Waals surface area contributed by atoms with Crippen LogP contribution in [0.15, 0.2) is 11.4 Å². The van der Waals surface area contributed by atoms with Gasteiger partial charge in [-0.15, -0.1) is 11.3 Å². The van der Waals surface area contributed by atoms with Gasteiger partial charge in [-0.2, -0.15) is 0 Å². The summed E-state index contributed by atoms with van der Waals surface area (Å²) >= 11 is 1.48. The minimum absolute atomic E-state index is 0.0206. The lowest BCUT2D eigenvalue weighted by atomic mass is 9.98. The largest absolute Gasteiger partial charge is 0.394 e. The highest BCUT2D eigenvalue weighted by Crippen LogP contribution is 2.30. The van der Waals surface area contributed by atoms with Crippen LogP contribution in [0.3, 0.4) is 0 Å². The third kappa shape index (κ3) is 2.53. The van der Waals surface area contributed by atoms with Gasteiger partial charge in [-0.05, 0) is 36.3 Å². The standard InChI is InChI=1S/C13H19NO2S/c1-2-10-5-8-17-11(10)12(16)14-13(9-15)6-3-4-7-13/h5,8,15H,2-4,6-7,9H2,1H3,(H,14,16). The Morgan fingerprint density at radius 2 is 2.24 bits per heavy atom. The zero-order chi connectivity index (χ0) is 12.3. The molecule has 0 radical (unpaired) electrons. The fourth-order valence-electron chi connectivity index (χ4n) is 2.49. The molecule has 0 unspecified atom stereocenters. The van der Waals surface area contributed by atoms with Crippen molar-refractivity contribution in [3.05, 3.63) is 21.9 Å². The second-order valence-corrected chi connectivity index (χ2v) is 5.64. The molecule has 2 N–H and O–H groups in total. The monoisotopic (exact) mass is 253 g/mol. The van der Waals surface area contributed by atoms with Crippen molar-refractivity contribution in [1.29, 1.82) is 0 Å². The Kier molecular flexibility index (Phi) is 3.84. The van der Waals surface area contributed by atoms with E-state index in [0.29, 0.717) is 0 Å². The average Bonchev–Trinajstić information content (AvgIpc) is 2.97. The Balaban J connectivity index is 2.11. The quantitative estimate of drug-likeness (QED) is 0.865. The van der Waals surface area contributed by atoms with E-state index >= 15 is 0 Å². The normalized spacial score (nSPS) is 18.2. The Labute approximate surface area is 106 Å². The van der Waals surface area contributed by atoms with Gasteiger partial charge in [-0.25, -0.2) is 0 Å². The van der Waals surface area contributed by atoms with Gasteiger partial charge in [0.2, 0.25) is 0 Å². The fourth-order valence-corrected chi connectivity index (χ4v) is 3.38. The maximum absolute atomic E-state index is 12.2. The number of aryl methyl sites for hydroxylation is 1. The van der Waals surface area contributed by atoms with Gasteiger partial charge in [0.25, 0.3) is 5.91 Å². The fraction of sp³-hybridized carbons (Fsp3) is 0.615. The van der Waals surface area contributed by atoms with E-state index in [1.165, 1.54) is 11.3 Å². The molecule has 0 atom stereocenters. The molecule has 1 amide bonds. The second kappa shape index (κ2) is 5.19. The molecular weight excluding hydrogens is 234 g/mol. The maximum atomic E-state index is 12.2. The van der Waals surface area contributed by atoms with Crippen LogP contribution in [0.25, 0.3) is 0 Å². The summed E-state index contributed by atoms with van der Waals surface area (Å²) in [7, 11) is 0. The molecule has 4 heteroatoms. The number of nitrogens with one attached hydrogen (secondary N) is 1. The molecule has 94 valence electrons. The molecule has 1 aromatic heterocycles. The van der Waals surface area contributed by atoms with Crippen molar-refractivity contribution in [3.8, 4) is 0 Å². The zero-order valence-electron chi connectivity index (χ0n) is 10.2. The molecular formula is C13H19NO2S. The van der Waals surface area contributed by atoms with Crippen LogP contribution in [0.2, 0.25) is 0 Å². The Morgan fingerprint density at radius 1 is 1.53 bits per heavy atom. The average molecular weight is 253 g/mol. The number of hydrogen-bond donors (Lipinski definition) is 2. The van der Waals surface area contributed by atoms with Crippen molar-refractivity contribution in [2.24, 2.45) is 0 Å². The first kappa shape index (κ1) is 12.6. The van der Waals surface area contributed by atoms with Gasteiger partial charge in [-0.1, -0.05) is 19.8 Å². The van der Waals surface area contributed by atoms with Gasteiger partial charge in [-0.3, -0.25) is 4.79 Å². The summed E-state index contributed by atoms with van der Waals surface area (Å²) in [5.41, 5.74) is 0.727. The highest BCUT2D eigenvalue weighted by molar-refractivity contribution is 7.12. The number of hydrogen-bond acceptors (Lipinski definition) is 3. The second-order valence-electron chi connectivity index (χ2n) is 4.73. The summed E-state index contributed by atoms with van der Waals surface area (Å²) in [4.78, 5) is 13.0. The van der Waals surface area contributed by atoms with Crippen molar-refractivity contribution < 1.29 is 9.90 Å². The van der Waals surface area contributed by atoms with E-state index in [-0.39, 0.29) is 18.1 Å². The molecule has 1 saturated carbocycles. The van der Waals surface area contributed by atoms with Gasteiger partial charge < -0.3 is 10.4 Å². The predicted molar refractivity (Wildman–Crippen MR) is 69.4 cm³/mol. The van der Waals surface area contributed by atoms with Crippen molar-refractivity contribution in [1.82, 2.24) is 5.32 Å². The number of rotatable bonds is 4. The van der Waals surface area contributed by atoms with Gasteiger partial charge in [0, 0.05) is 0 Å². The lowest BCUT2D eigenvalue weighted by Gasteiger charge is -2.27. The number of aliphatic hydroxyl groups is 1. The molecule has 17 heavy (non-hydrogen) atoms. The molecule has 0 saturated heterocycles. The van der Waals surface area contributed by atoms with Crippen molar-refractivity contribution in [2.45, 2.75) is 44.6 Å². The summed E-state index contributed by atoms with van der Waals surface area (Å²) in [6.07, 6.45) is 4.83. The number of carbonyl (C=O) groups is 1. The Hall–Kier alpha value is -0.870. The first-order valence-electron chi connectivity index (χ1n) is 6.20. The van der Waals surface area contributed by atoms with Gasteiger partial charge in [0.05, 0.1) is 17.0 Å². The lowest BCUT2D eigenvalue weighted by molar-refractivity contribution is 0.0842. The molecule has 1 aliphatic rings. The highest BCUT2D eigenvalue weighted by atomic mass is 32.1. The number of thiophene rings is 1. The SMILES string of the molecule is CCc1ccsc1C(=O)NC1(CO)CCCC1. The van der Waals surface area contributed by atoms with E-state index in [1.54, 1.807) is 0 Å². The highest BCUT2D eigenvalue weighted by Gasteiger charge is 2.35. The maximum Gasteiger partial charge on any atom is 0.262 e. The van der Waals surface area contributed by atoms with Crippen LogP contribution in [-0.2, 0) is 6.42 Å². The summed E-state index contributed by atoms with van der Waals surface area (Å²) in [5.74, 6) is -0.0206. The van der Waals surface area contributed by atoms with E-state index in [0.717, 1.165) is 42.5 Å². The van der Waals surface area contributed by atoms with Gasteiger partial charge in [0.15, 0.2) is 0 Å². The van der Waals surface area contributed by atoms with E-state index in [9.17, 15) is 9.90 Å². The topological polar surface area (TPSA) is 49.3 Å². The molecule has 3 nitrogen and oxygen atoms in total. The number of aliphatic hydroxyl groups excluding tert-OH is 1. The number of carbonyl (C=O) groups excluding carboxylic acids is 1. The summed E-state index contributed by atoms with van der Waals surface area (Å²) in [5, 5.41) is 14.5. The van der Waals surface area contributed by atoms with E-state index in [4.69, 9.17) is 0 Å². The Morgan fingerprint density at radius 3 is 2.82 bits per heavy atom. The van der Waals surface area contributed by atoms with Crippen LogP contribution >= 0.6 is 11.3 Å². The lowest BCUT2D eigenvalue weighted by Crippen LogP contribution is -2.49. The van der Waals surface area contributed by atoms with E-state index in [1.807, 2.05) is 11.4 Å². The predicted octanol–water partition coefficient (Wildman–Crippen LogP) is 2.35. The Bertz CT molecular complexity index is 394. The van der Waals surface area contributed by atoms with Crippen LogP contribution in [-0.4, -0.2) is 23.2 Å². The van der Waals surface area contributed by atoms with Crippen LogP contribution in [0.1, 0.15) is 47.8 Å². The van der Waals surface area contributed by atoms with Crippen LogP contribution in [0.5, 0.6) is 0 Å². The molecule has 1 heterocycles. The van der Waals surface area contributed by atoms with E-state index in [2.05, 4.69) is 12.2 Å². The molecule has 1 aromatic rings. The van der Waals surface area contributed by atoms with Crippen molar-refractivity contribution in [2.75, 3.05) is 6.61 Å². The number of amides is 1. The molecule has 0 aromatic carbocycles. The molecule has 0 bridgehead atoms. The molecule has 0 spiro atoms. The van der Waals surface area contributed by atoms with E-state index < -0.39 is 0 Å². The van der Waals surface area contributed by atoms with Gasteiger partial charge >= 0.3 is 0 Å². The third-order valence-corrected chi connectivity index (χ3v) is 4.53. The van der Waals surface area contributed by atoms with Crippen LogP contribution in [0, 0.1) is 0 Å². The third-order valence-electron chi connectivity index (χ3n) is 3.58. The smallest absolute Gasteiger partial charge is 0.262 e. The van der Waals surface area contributed by atoms with Crippen LogP contribution in [0.4, 0.5) is 0 Å².